The van der Waals surface area contributed by atoms with E-state index in [4.69, 9.17) is 0 Å². The number of hydrogen-bond acceptors (Lipinski definition) is 3. The summed E-state index contributed by atoms with van der Waals surface area (Å²) in [6.45, 7) is 9.84. The highest BCUT2D eigenvalue weighted by Gasteiger charge is 2.27. The highest BCUT2D eigenvalue weighted by atomic mass is 15.3. The van der Waals surface area contributed by atoms with E-state index in [0.29, 0.717) is 0 Å². The van der Waals surface area contributed by atoms with Crippen LogP contribution in [-0.4, -0.2) is 87.1 Å². The zero-order chi connectivity index (χ0) is 16.8. The van der Waals surface area contributed by atoms with Gasteiger partial charge in [-0.1, -0.05) is 6.42 Å². The van der Waals surface area contributed by atoms with Gasteiger partial charge >= 0.3 is 0 Å². The number of aliphatic imine (C=N–C) groups is 1. The average Bonchev–Trinajstić information content (AvgIpc) is 3.05. The van der Waals surface area contributed by atoms with E-state index in [-0.39, 0.29) is 0 Å². The van der Waals surface area contributed by atoms with Crippen LogP contribution < -0.4 is 5.32 Å². The zero-order valence-corrected chi connectivity index (χ0v) is 15.8. The van der Waals surface area contributed by atoms with E-state index in [1.54, 1.807) is 0 Å². The van der Waals surface area contributed by atoms with Gasteiger partial charge in [-0.25, -0.2) is 0 Å². The van der Waals surface area contributed by atoms with Crippen molar-refractivity contribution in [3.63, 3.8) is 0 Å². The fraction of sp³-hybridized carbons (Fsp3) is 0.947. The van der Waals surface area contributed by atoms with Gasteiger partial charge in [-0.2, -0.15) is 0 Å². The first-order valence-corrected chi connectivity index (χ1v) is 10.1. The molecule has 0 saturated carbocycles. The van der Waals surface area contributed by atoms with Crippen LogP contribution in [0.2, 0.25) is 0 Å². The monoisotopic (exact) mass is 335 g/mol. The van der Waals surface area contributed by atoms with Crippen molar-refractivity contribution in [1.29, 1.82) is 0 Å². The van der Waals surface area contributed by atoms with Gasteiger partial charge in [-0.3, -0.25) is 4.99 Å². The molecule has 3 rings (SSSR count). The molecule has 0 radical (unpaired) electrons. The quantitative estimate of drug-likeness (QED) is 0.626. The second-order valence-corrected chi connectivity index (χ2v) is 8.16. The van der Waals surface area contributed by atoms with E-state index in [1.807, 2.05) is 7.05 Å². The highest BCUT2D eigenvalue weighted by molar-refractivity contribution is 5.80. The maximum atomic E-state index is 4.56. The summed E-state index contributed by atoms with van der Waals surface area (Å²) in [5.74, 6) is 2.72. The van der Waals surface area contributed by atoms with Gasteiger partial charge in [0.15, 0.2) is 5.96 Å². The molecule has 0 aromatic rings. The van der Waals surface area contributed by atoms with Gasteiger partial charge < -0.3 is 20.0 Å². The smallest absolute Gasteiger partial charge is 0.193 e. The lowest BCUT2D eigenvalue weighted by atomic mass is 9.98. The Labute approximate surface area is 148 Å². The van der Waals surface area contributed by atoms with Crippen LogP contribution >= 0.6 is 0 Å². The first kappa shape index (κ1) is 18.0. The number of hydrogen-bond donors (Lipinski definition) is 1. The van der Waals surface area contributed by atoms with Crippen molar-refractivity contribution >= 4 is 5.96 Å². The van der Waals surface area contributed by atoms with E-state index in [2.05, 4.69) is 32.1 Å². The third-order valence-corrected chi connectivity index (χ3v) is 6.03. The Morgan fingerprint density at radius 3 is 2.54 bits per heavy atom. The van der Waals surface area contributed by atoms with Crippen LogP contribution in [0.25, 0.3) is 0 Å². The zero-order valence-electron chi connectivity index (χ0n) is 15.8. The van der Waals surface area contributed by atoms with Crippen LogP contribution in [0.1, 0.15) is 38.5 Å². The molecule has 5 heteroatoms. The van der Waals surface area contributed by atoms with Crippen LogP contribution in [0.15, 0.2) is 4.99 Å². The molecule has 24 heavy (non-hydrogen) atoms. The first-order chi connectivity index (χ1) is 11.7. The fourth-order valence-corrected chi connectivity index (χ4v) is 4.69. The standard InChI is InChI=1S/C19H37N5/c1-20-19(21-13-17-7-6-9-22(2)14-17)24-12-8-18(16-24)15-23-10-4-3-5-11-23/h17-18H,3-16H2,1-2H3,(H,20,21). The second-order valence-electron chi connectivity index (χ2n) is 8.16. The minimum absolute atomic E-state index is 0.771. The van der Waals surface area contributed by atoms with Crippen molar-refractivity contribution in [1.82, 2.24) is 20.0 Å². The minimum atomic E-state index is 0.771. The predicted molar refractivity (Wildman–Crippen MR) is 102 cm³/mol. The summed E-state index contributed by atoms with van der Waals surface area (Å²) < 4.78 is 0. The molecule has 3 aliphatic rings. The maximum Gasteiger partial charge on any atom is 0.193 e. The lowest BCUT2D eigenvalue weighted by molar-refractivity contribution is 0.197. The van der Waals surface area contributed by atoms with Crippen LogP contribution in [0.3, 0.4) is 0 Å². The molecular weight excluding hydrogens is 298 g/mol. The van der Waals surface area contributed by atoms with Gasteiger partial charge in [-0.05, 0) is 70.6 Å². The summed E-state index contributed by atoms with van der Waals surface area (Å²) in [5.41, 5.74) is 0. The Bertz CT molecular complexity index is 405. The number of piperidine rings is 2. The summed E-state index contributed by atoms with van der Waals surface area (Å²) in [7, 11) is 4.18. The fourth-order valence-electron chi connectivity index (χ4n) is 4.69. The van der Waals surface area contributed by atoms with Crippen molar-refractivity contribution < 1.29 is 0 Å². The summed E-state index contributed by atoms with van der Waals surface area (Å²) >= 11 is 0. The Morgan fingerprint density at radius 1 is 0.958 bits per heavy atom. The van der Waals surface area contributed by atoms with Crippen molar-refractivity contribution in [3.05, 3.63) is 0 Å². The van der Waals surface area contributed by atoms with Crippen molar-refractivity contribution in [3.8, 4) is 0 Å². The van der Waals surface area contributed by atoms with Crippen LogP contribution in [0, 0.1) is 11.8 Å². The molecule has 0 aromatic heterocycles. The predicted octanol–water partition coefficient (Wildman–Crippen LogP) is 1.71. The number of nitrogens with zero attached hydrogens (tertiary/aromatic N) is 4. The molecule has 1 N–H and O–H groups in total. The average molecular weight is 336 g/mol. The Hall–Kier alpha value is -0.810. The lowest BCUT2D eigenvalue weighted by Crippen LogP contribution is -2.45. The van der Waals surface area contributed by atoms with E-state index in [0.717, 1.165) is 24.3 Å². The Morgan fingerprint density at radius 2 is 1.79 bits per heavy atom. The van der Waals surface area contributed by atoms with Gasteiger partial charge in [0, 0.05) is 39.8 Å². The van der Waals surface area contributed by atoms with Crippen molar-refractivity contribution in [2.45, 2.75) is 38.5 Å². The molecule has 0 amide bonds. The first-order valence-electron chi connectivity index (χ1n) is 10.1. The highest BCUT2D eigenvalue weighted by Crippen LogP contribution is 2.20. The minimum Gasteiger partial charge on any atom is -0.356 e. The summed E-state index contributed by atoms with van der Waals surface area (Å²) in [4.78, 5) is 12.2. The van der Waals surface area contributed by atoms with Gasteiger partial charge in [0.25, 0.3) is 0 Å². The third kappa shape index (κ3) is 5.09. The van der Waals surface area contributed by atoms with E-state index >= 15 is 0 Å². The number of guanidine groups is 1. The maximum absolute atomic E-state index is 4.56. The molecule has 3 saturated heterocycles. The van der Waals surface area contributed by atoms with Crippen LogP contribution in [0.4, 0.5) is 0 Å². The van der Waals surface area contributed by atoms with Crippen LogP contribution in [-0.2, 0) is 0 Å². The molecule has 138 valence electrons. The molecule has 3 aliphatic heterocycles. The Balaban J connectivity index is 1.41. The van der Waals surface area contributed by atoms with Crippen molar-refractivity contribution in [2.75, 3.05) is 66.5 Å². The van der Waals surface area contributed by atoms with Gasteiger partial charge in [0.1, 0.15) is 0 Å². The summed E-state index contributed by atoms with van der Waals surface area (Å²) in [6, 6.07) is 0. The van der Waals surface area contributed by atoms with E-state index in [9.17, 15) is 0 Å². The largest absolute Gasteiger partial charge is 0.356 e. The Kier molecular flexibility index (Phi) is 6.78. The molecule has 3 fully saturated rings. The SMILES string of the molecule is CN=C(NCC1CCCN(C)C1)N1CCC(CN2CCCCC2)C1. The second kappa shape index (κ2) is 9.04. The van der Waals surface area contributed by atoms with E-state index < -0.39 is 0 Å². The molecule has 0 aromatic carbocycles. The van der Waals surface area contributed by atoms with Gasteiger partial charge in [-0.15, -0.1) is 0 Å². The van der Waals surface area contributed by atoms with Crippen LogP contribution in [0.5, 0.6) is 0 Å². The van der Waals surface area contributed by atoms with Gasteiger partial charge in [0.2, 0.25) is 0 Å². The molecule has 2 unspecified atom stereocenters. The third-order valence-electron chi connectivity index (χ3n) is 6.03. The normalized spacial score (nSPS) is 30.8. The number of nitrogens with one attached hydrogen (secondary N) is 1. The topological polar surface area (TPSA) is 34.1 Å². The molecule has 0 aliphatic carbocycles. The summed E-state index contributed by atoms with van der Waals surface area (Å²) in [6.07, 6.45) is 8.24. The van der Waals surface area contributed by atoms with Crippen molar-refractivity contribution in [2.24, 2.45) is 16.8 Å². The molecule has 5 nitrogen and oxygen atoms in total. The summed E-state index contributed by atoms with van der Waals surface area (Å²) in [5, 5.41) is 3.66. The number of rotatable bonds is 4. The van der Waals surface area contributed by atoms with Gasteiger partial charge in [0.05, 0.1) is 0 Å². The molecular formula is C19H37N5. The van der Waals surface area contributed by atoms with E-state index in [1.165, 1.54) is 84.3 Å². The molecule has 2 atom stereocenters. The number of likely N-dealkylation sites (tertiary alicyclic amines) is 3. The lowest BCUT2D eigenvalue weighted by Gasteiger charge is -2.31. The molecule has 0 spiro atoms. The molecule has 3 heterocycles. The molecule has 0 bridgehead atoms.